The number of hydrogen-bond acceptors (Lipinski definition) is 0. The first-order valence-corrected chi connectivity index (χ1v) is 6.35. The molecule has 0 atom stereocenters. The Bertz CT molecular complexity index is 77.3. The van der Waals surface area contributed by atoms with Crippen molar-refractivity contribution >= 4 is 6.71 Å². The van der Waals surface area contributed by atoms with Gasteiger partial charge in [0.15, 0.2) is 0 Å². The maximum atomic E-state index is 2.30. The molecule has 14 heavy (non-hydrogen) atoms. The zero-order valence-corrected chi connectivity index (χ0v) is 12.5. The first-order chi connectivity index (χ1) is 6.35. The van der Waals surface area contributed by atoms with E-state index < -0.39 is 0 Å². The summed E-state index contributed by atoms with van der Waals surface area (Å²) in [4.78, 5) is 0. The predicted octanol–water partition coefficient (Wildman–Crippen LogP) is 4.88. The summed E-state index contributed by atoms with van der Waals surface area (Å²) in [5, 5.41) is 0. The number of unbranched alkanes of at least 4 members (excludes halogenated alkanes) is 3. The van der Waals surface area contributed by atoms with E-state index in [-0.39, 0.29) is 21.1 Å². The second-order valence-electron chi connectivity index (χ2n) is 4.29. The van der Waals surface area contributed by atoms with Crippen molar-refractivity contribution in [1.82, 2.24) is 0 Å². The van der Waals surface area contributed by atoms with Crippen molar-refractivity contribution in [2.45, 2.75) is 78.3 Å². The molecule has 0 spiro atoms. The SMILES string of the molecule is CCCCB(CCCC)CCCC.[Pt]. The van der Waals surface area contributed by atoms with E-state index in [4.69, 9.17) is 0 Å². The van der Waals surface area contributed by atoms with E-state index >= 15 is 0 Å². The second-order valence-corrected chi connectivity index (χ2v) is 4.29. The van der Waals surface area contributed by atoms with E-state index in [1.54, 1.807) is 0 Å². The fourth-order valence-corrected chi connectivity index (χ4v) is 1.91. The smallest absolute Gasteiger partial charge is 0.0742 e. The van der Waals surface area contributed by atoms with Gasteiger partial charge in [-0.3, -0.25) is 0 Å². The van der Waals surface area contributed by atoms with Gasteiger partial charge in [-0.2, -0.15) is 0 Å². The number of hydrogen-bond donors (Lipinski definition) is 0. The normalized spacial score (nSPS) is 9.64. The largest absolute Gasteiger partial charge is 0.139 e. The van der Waals surface area contributed by atoms with Crippen LogP contribution in [-0.2, 0) is 21.1 Å². The Morgan fingerprint density at radius 2 is 0.929 bits per heavy atom. The van der Waals surface area contributed by atoms with Crippen LogP contribution in [0.25, 0.3) is 0 Å². The van der Waals surface area contributed by atoms with Gasteiger partial charge in [0.25, 0.3) is 0 Å². The summed E-state index contributed by atoms with van der Waals surface area (Å²) in [6, 6.07) is 0. The van der Waals surface area contributed by atoms with E-state index in [0.717, 1.165) is 6.71 Å². The van der Waals surface area contributed by atoms with E-state index in [1.165, 1.54) is 57.5 Å². The maximum Gasteiger partial charge on any atom is 0.139 e. The summed E-state index contributed by atoms with van der Waals surface area (Å²) < 4.78 is 0. The Morgan fingerprint density at radius 1 is 0.643 bits per heavy atom. The molecule has 2 heteroatoms. The summed E-state index contributed by atoms with van der Waals surface area (Å²) in [5.41, 5.74) is 0. The zero-order chi connectivity index (χ0) is 9.94. The summed E-state index contributed by atoms with van der Waals surface area (Å²) in [7, 11) is 0. The predicted molar refractivity (Wildman–Crippen MR) is 64.9 cm³/mol. The van der Waals surface area contributed by atoms with Gasteiger partial charge in [0.2, 0.25) is 0 Å². The number of rotatable bonds is 9. The molecule has 0 saturated carbocycles. The summed E-state index contributed by atoms with van der Waals surface area (Å²) >= 11 is 0. The Kier molecular flexibility index (Phi) is 16.9. The summed E-state index contributed by atoms with van der Waals surface area (Å²) in [6.45, 7) is 7.95. The van der Waals surface area contributed by atoms with E-state index in [9.17, 15) is 0 Å². The fourth-order valence-electron chi connectivity index (χ4n) is 1.91. The van der Waals surface area contributed by atoms with Gasteiger partial charge in [-0.25, -0.2) is 0 Å². The minimum atomic E-state index is 0. The Hall–Kier alpha value is 0.753. The molecule has 0 N–H and O–H groups in total. The van der Waals surface area contributed by atoms with Crippen LogP contribution in [0.3, 0.4) is 0 Å². The molecule has 0 amide bonds. The van der Waals surface area contributed by atoms with Crippen molar-refractivity contribution in [2.75, 3.05) is 0 Å². The molecule has 0 aliphatic heterocycles. The minimum Gasteiger partial charge on any atom is -0.0742 e. The first-order valence-electron chi connectivity index (χ1n) is 6.35. The molecule has 88 valence electrons. The molecule has 0 rings (SSSR count). The van der Waals surface area contributed by atoms with Crippen LogP contribution in [0.1, 0.15) is 59.3 Å². The molecule has 0 aromatic heterocycles. The van der Waals surface area contributed by atoms with Crippen LogP contribution in [0.5, 0.6) is 0 Å². The molecule has 0 aliphatic carbocycles. The molecule has 0 fully saturated rings. The molecule has 0 aromatic carbocycles. The molecular formula is C12H27BPt. The van der Waals surface area contributed by atoms with Gasteiger partial charge in [-0.15, -0.1) is 0 Å². The van der Waals surface area contributed by atoms with Gasteiger partial charge in [0, 0.05) is 21.1 Å². The van der Waals surface area contributed by atoms with Crippen molar-refractivity contribution in [3.05, 3.63) is 0 Å². The van der Waals surface area contributed by atoms with Crippen LogP contribution in [0.2, 0.25) is 19.0 Å². The van der Waals surface area contributed by atoms with E-state index in [2.05, 4.69) is 20.8 Å². The van der Waals surface area contributed by atoms with E-state index in [0.29, 0.717) is 0 Å². The van der Waals surface area contributed by atoms with Gasteiger partial charge < -0.3 is 0 Å². The van der Waals surface area contributed by atoms with Crippen LogP contribution in [0.15, 0.2) is 0 Å². The third kappa shape index (κ3) is 10.8. The third-order valence-corrected chi connectivity index (χ3v) is 2.90. The van der Waals surface area contributed by atoms with E-state index in [1.807, 2.05) is 0 Å². The third-order valence-electron chi connectivity index (χ3n) is 2.90. The minimum absolute atomic E-state index is 0. The maximum absolute atomic E-state index is 2.30. The Labute approximate surface area is 106 Å². The Balaban J connectivity index is 0. The molecule has 0 bridgehead atoms. The zero-order valence-electron chi connectivity index (χ0n) is 10.3. The molecule has 0 nitrogen and oxygen atoms in total. The van der Waals surface area contributed by atoms with Crippen molar-refractivity contribution in [2.24, 2.45) is 0 Å². The standard InChI is InChI=1S/C12H27B.Pt/c1-4-7-10-13(11-8-5-2)12-9-6-3;/h4-12H2,1-3H3;. The summed E-state index contributed by atoms with van der Waals surface area (Å²) in [5.74, 6) is 0. The molecule has 0 saturated heterocycles. The molecule has 0 radical (unpaired) electrons. The quantitative estimate of drug-likeness (QED) is 0.503. The topological polar surface area (TPSA) is 0 Å². The van der Waals surface area contributed by atoms with Crippen LogP contribution in [0, 0.1) is 0 Å². The van der Waals surface area contributed by atoms with Gasteiger partial charge in [-0.05, 0) is 0 Å². The van der Waals surface area contributed by atoms with Gasteiger partial charge in [0.1, 0.15) is 6.71 Å². The van der Waals surface area contributed by atoms with Crippen LogP contribution in [0.4, 0.5) is 0 Å². The van der Waals surface area contributed by atoms with Gasteiger partial charge >= 0.3 is 0 Å². The van der Waals surface area contributed by atoms with Gasteiger partial charge in [-0.1, -0.05) is 78.3 Å². The molecule has 0 heterocycles. The van der Waals surface area contributed by atoms with Gasteiger partial charge in [0.05, 0.1) is 0 Å². The fraction of sp³-hybridized carbons (Fsp3) is 1.00. The molecule has 0 aliphatic rings. The molecule has 0 aromatic rings. The first kappa shape index (κ1) is 17.2. The average Bonchev–Trinajstić information content (AvgIpc) is 2.17. The Morgan fingerprint density at radius 3 is 1.14 bits per heavy atom. The van der Waals surface area contributed by atoms with Crippen molar-refractivity contribution in [1.29, 1.82) is 0 Å². The van der Waals surface area contributed by atoms with Crippen LogP contribution < -0.4 is 0 Å². The monoisotopic (exact) mass is 377 g/mol. The van der Waals surface area contributed by atoms with Crippen molar-refractivity contribution in [3.8, 4) is 0 Å². The molecular weight excluding hydrogens is 350 g/mol. The van der Waals surface area contributed by atoms with Crippen LogP contribution in [-0.4, -0.2) is 6.71 Å². The van der Waals surface area contributed by atoms with Crippen LogP contribution >= 0.6 is 0 Å². The molecule has 0 unspecified atom stereocenters. The second kappa shape index (κ2) is 13.8. The van der Waals surface area contributed by atoms with Crippen molar-refractivity contribution < 1.29 is 21.1 Å². The average molecular weight is 377 g/mol. The van der Waals surface area contributed by atoms with Crippen molar-refractivity contribution in [3.63, 3.8) is 0 Å². The summed E-state index contributed by atoms with van der Waals surface area (Å²) in [6.07, 6.45) is 12.9.